The van der Waals surface area contributed by atoms with Gasteiger partial charge in [0, 0.05) is 11.6 Å². The third-order valence-electron chi connectivity index (χ3n) is 2.07. The molecule has 2 rings (SSSR count). The first kappa shape index (κ1) is 12.8. The Bertz CT molecular complexity index is 583. The van der Waals surface area contributed by atoms with Gasteiger partial charge in [0.2, 0.25) is 5.82 Å². The van der Waals surface area contributed by atoms with E-state index in [4.69, 9.17) is 11.6 Å². The van der Waals surface area contributed by atoms with Gasteiger partial charge in [-0.25, -0.2) is 14.4 Å². The summed E-state index contributed by atoms with van der Waals surface area (Å²) < 4.78 is 50.4. The fraction of sp³-hybridized carbons (Fsp3) is 0.0909. The third-order valence-corrected chi connectivity index (χ3v) is 2.26. The Morgan fingerprint density at radius 2 is 1.78 bits per heavy atom. The van der Waals surface area contributed by atoms with Crippen LogP contribution < -0.4 is 0 Å². The maximum absolute atomic E-state index is 13.0. The van der Waals surface area contributed by atoms with Crippen LogP contribution in [0, 0.1) is 5.82 Å². The van der Waals surface area contributed by atoms with Crippen LogP contribution in [0.15, 0.2) is 30.3 Å². The lowest BCUT2D eigenvalue weighted by Crippen LogP contribution is -2.11. The molecule has 7 heteroatoms. The Kier molecular flexibility index (Phi) is 3.21. The van der Waals surface area contributed by atoms with Crippen LogP contribution >= 0.6 is 11.6 Å². The Hall–Kier alpha value is -1.69. The minimum Gasteiger partial charge on any atom is -0.224 e. The van der Waals surface area contributed by atoms with Crippen LogP contribution in [-0.2, 0) is 6.18 Å². The molecule has 0 N–H and O–H groups in total. The van der Waals surface area contributed by atoms with E-state index in [1.165, 1.54) is 18.2 Å². The maximum atomic E-state index is 13.0. The molecule has 0 atom stereocenters. The predicted octanol–water partition coefficient (Wildman–Crippen LogP) is 3.95. The lowest BCUT2D eigenvalue weighted by Gasteiger charge is -2.07. The van der Waals surface area contributed by atoms with E-state index < -0.39 is 17.8 Å². The first-order valence-corrected chi connectivity index (χ1v) is 5.12. The minimum absolute atomic E-state index is 0.0816. The van der Waals surface area contributed by atoms with Crippen molar-refractivity contribution in [3.05, 3.63) is 47.1 Å². The molecule has 0 radical (unpaired) electrons. The summed E-state index contributed by atoms with van der Waals surface area (Å²) in [5.41, 5.74) is 0.117. The van der Waals surface area contributed by atoms with Crippen LogP contribution in [0.1, 0.15) is 5.82 Å². The molecule has 1 aromatic carbocycles. The van der Waals surface area contributed by atoms with Gasteiger partial charge in [-0.15, -0.1) is 0 Å². The zero-order valence-electron chi connectivity index (χ0n) is 8.67. The highest BCUT2D eigenvalue weighted by molar-refractivity contribution is 6.29. The highest BCUT2D eigenvalue weighted by Gasteiger charge is 2.35. The van der Waals surface area contributed by atoms with Gasteiger partial charge in [0.15, 0.2) is 0 Å². The van der Waals surface area contributed by atoms with E-state index in [1.54, 1.807) is 0 Å². The molecule has 0 saturated heterocycles. The van der Waals surface area contributed by atoms with Crippen molar-refractivity contribution >= 4 is 11.6 Å². The number of nitrogens with zero attached hydrogens (tertiary/aromatic N) is 2. The quantitative estimate of drug-likeness (QED) is 0.582. The van der Waals surface area contributed by atoms with Crippen molar-refractivity contribution in [1.29, 1.82) is 0 Å². The second-order valence-electron chi connectivity index (χ2n) is 3.41. The molecule has 0 aliphatic rings. The van der Waals surface area contributed by atoms with E-state index in [1.807, 2.05) is 0 Å². The van der Waals surface area contributed by atoms with E-state index in [9.17, 15) is 17.6 Å². The highest BCUT2D eigenvalue weighted by Crippen LogP contribution is 2.29. The average molecular weight is 277 g/mol. The number of hydrogen-bond donors (Lipinski definition) is 0. The first-order valence-electron chi connectivity index (χ1n) is 4.74. The summed E-state index contributed by atoms with van der Waals surface area (Å²) in [5.74, 6) is -1.93. The van der Waals surface area contributed by atoms with Crippen molar-refractivity contribution < 1.29 is 17.6 Å². The van der Waals surface area contributed by atoms with Crippen LogP contribution in [0.4, 0.5) is 17.6 Å². The van der Waals surface area contributed by atoms with E-state index in [0.29, 0.717) is 0 Å². The molecule has 0 fully saturated rings. The molecular formula is C11H5ClF4N2. The fourth-order valence-electron chi connectivity index (χ4n) is 1.34. The number of halogens is 5. The Labute approximate surface area is 104 Å². The van der Waals surface area contributed by atoms with E-state index >= 15 is 0 Å². The lowest BCUT2D eigenvalue weighted by molar-refractivity contribution is -0.144. The van der Waals surface area contributed by atoms with Crippen LogP contribution in [0.5, 0.6) is 0 Å². The van der Waals surface area contributed by atoms with Crippen LogP contribution in [0.3, 0.4) is 0 Å². The summed E-state index contributed by atoms with van der Waals surface area (Å²) >= 11 is 5.50. The molecule has 0 saturated carbocycles. The number of alkyl halides is 3. The molecule has 0 aliphatic carbocycles. The number of aromatic nitrogens is 2. The van der Waals surface area contributed by atoms with E-state index in [2.05, 4.69) is 9.97 Å². The van der Waals surface area contributed by atoms with Crippen molar-refractivity contribution in [2.24, 2.45) is 0 Å². The Balaban J connectivity index is 2.55. The highest BCUT2D eigenvalue weighted by atomic mass is 35.5. The SMILES string of the molecule is Fc1cccc(-c2cc(Cl)nc(C(F)(F)F)n2)c1. The molecule has 0 aliphatic heterocycles. The summed E-state index contributed by atoms with van der Waals surface area (Å²) in [6.07, 6.45) is -4.70. The molecule has 0 amide bonds. The van der Waals surface area contributed by atoms with Gasteiger partial charge < -0.3 is 0 Å². The fourth-order valence-corrected chi connectivity index (χ4v) is 1.52. The van der Waals surface area contributed by atoms with E-state index in [-0.39, 0.29) is 16.4 Å². The van der Waals surface area contributed by atoms with Gasteiger partial charge in [-0.2, -0.15) is 13.2 Å². The van der Waals surface area contributed by atoms with Crippen molar-refractivity contribution in [1.82, 2.24) is 9.97 Å². The molecule has 94 valence electrons. The summed E-state index contributed by atoms with van der Waals surface area (Å²) in [6.45, 7) is 0. The molecule has 0 bridgehead atoms. The molecule has 18 heavy (non-hydrogen) atoms. The predicted molar refractivity (Wildman–Crippen MR) is 57.4 cm³/mol. The van der Waals surface area contributed by atoms with Gasteiger partial charge in [0.05, 0.1) is 5.69 Å². The van der Waals surface area contributed by atoms with Crippen molar-refractivity contribution in [3.63, 3.8) is 0 Å². The normalized spacial score (nSPS) is 11.6. The molecule has 2 aromatic rings. The second kappa shape index (κ2) is 4.53. The van der Waals surface area contributed by atoms with Crippen molar-refractivity contribution in [3.8, 4) is 11.3 Å². The molecule has 1 aromatic heterocycles. The average Bonchev–Trinajstić information content (AvgIpc) is 2.27. The Morgan fingerprint density at radius 3 is 2.39 bits per heavy atom. The molecule has 0 unspecified atom stereocenters. The monoisotopic (exact) mass is 276 g/mol. The minimum atomic E-state index is -4.70. The maximum Gasteiger partial charge on any atom is 0.451 e. The van der Waals surface area contributed by atoms with Gasteiger partial charge in [-0.1, -0.05) is 23.7 Å². The Morgan fingerprint density at radius 1 is 1.06 bits per heavy atom. The van der Waals surface area contributed by atoms with Crippen molar-refractivity contribution in [2.75, 3.05) is 0 Å². The second-order valence-corrected chi connectivity index (χ2v) is 3.79. The standard InChI is InChI=1S/C11H5ClF4N2/c12-9-5-8(6-2-1-3-7(13)4-6)17-10(18-9)11(14,15)16/h1-5H. The third kappa shape index (κ3) is 2.76. The molecule has 1 heterocycles. The smallest absolute Gasteiger partial charge is 0.224 e. The number of benzene rings is 1. The molecular weight excluding hydrogens is 272 g/mol. The largest absolute Gasteiger partial charge is 0.451 e. The van der Waals surface area contributed by atoms with Gasteiger partial charge in [-0.3, -0.25) is 0 Å². The van der Waals surface area contributed by atoms with Crippen LogP contribution in [-0.4, -0.2) is 9.97 Å². The van der Waals surface area contributed by atoms with Gasteiger partial charge in [0.1, 0.15) is 11.0 Å². The zero-order valence-corrected chi connectivity index (χ0v) is 9.43. The molecule has 0 spiro atoms. The van der Waals surface area contributed by atoms with Gasteiger partial charge in [-0.05, 0) is 12.1 Å². The van der Waals surface area contributed by atoms with Crippen LogP contribution in [0.2, 0.25) is 5.15 Å². The summed E-state index contributed by atoms with van der Waals surface area (Å²) in [7, 11) is 0. The number of hydrogen-bond acceptors (Lipinski definition) is 2. The van der Waals surface area contributed by atoms with Gasteiger partial charge >= 0.3 is 6.18 Å². The zero-order chi connectivity index (χ0) is 13.3. The summed E-state index contributed by atoms with van der Waals surface area (Å²) in [6, 6.07) is 6.19. The summed E-state index contributed by atoms with van der Waals surface area (Å²) in [5, 5.41) is -0.350. The number of rotatable bonds is 1. The van der Waals surface area contributed by atoms with Crippen molar-refractivity contribution in [2.45, 2.75) is 6.18 Å². The lowest BCUT2D eigenvalue weighted by atomic mass is 10.1. The first-order chi connectivity index (χ1) is 8.36. The summed E-state index contributed by atoms with van der Waals surface area (Å²) in [4.78, 5) is 6.42. The molecule has 2 nitrogen and oxygen atoms in total. The van der Waals surface area contributed by atoms with E-state index in [0.717, 1.165) is 12.1 Å². The van der Waals surface area contributed by atoms with Gasteiger partial charge in [0.25, 0.3) is 0 Å². The topological polar surface area (TPSA) is 25.8 Å². The van der Waals surface area contributed by atoms with Crippen LogP contribution in [0.25, 0.3) is 11.3 Å².